The fraction of sp³-hybridized carbons (Fsp3) is 0.240. The monoisotopic (exact) mass is 554 g/mol. The summed E-state index contributed by atoms with van der Waals surface area (Å²) in [5.74, 6) is -0.709. The summed E-state index contributed by atoms with van der Waals surface area (Å²) < 4.78 is 52.2. The number of halogens is 3. The van der Waals surface area contributed by atoms with Gasteiger partial charge in [0.05, 0.1) is 29.8 Å². The third kappa shape index (κ3) is 6.81. The number of aryl methyl sites for hydroxylation is 1. The molecule has 0 saturated carbocycles. The molecule has 0 unspecified atom stereocenters. The maximum atomic E-state index is 13.8. The summed E-state index contributed by atoms with van der Waals surface area (Å²) in [6.45, 7) is -0.213. The summed E-state index contributed by atoms with van der Waals surface area (Å²) >= 11 is 11.8. The van der Waals surface area contributed by atoms with Gasteiger partial charge >= 0.3 is 0 Å². The van der Waals surface area contributed by atoms with E-state index in [-0.39, 0.29) is 21.4 Å². The molecule has 0 atom stereocenters. The molecule has 1 amide bonds. The van der Waals surface area contributed by atoms with E-state index in [9.17, 15) is 17.6 Å². The lowest BCUT2D eigenvalue weighted by atomic mass is 10.1. The van der Waals surface area contributed by atoms with Crippen molar-refractivity contribution >= 4 is 44.8 Å². The minimum atomic E-state index is -4.27. The van der Waals surface area contributed by atoms with Gasteiger partial charge in [-0.3, -0.25) is 9.10 Å². The van der Waals surface area contributed by atoms with Crippen molar-refractivity contribution in [3.63, 3.8) is 0 Å². The Morgan fingerprint density at radius 1 is 0.972 bits per heavy atom. The number of hydrogen-bond acceptors (Lipinski definition) is 5. The highest BCUT2D eigenvalue weighted by molar-refractivity contribution is 7.92. The second kappa shape index (κ2) is 12.3. The van der Waals surface area contributed by atoms with E-state index < -0.39 is 28.3 Å². The second-order valence-electron chi connectivity index (χ2n) is 7.71. The predicted octanol–water partition coefficient (Wildman–Crippen LogP) is 5.09. The summed E-state index contributed by atoms with van der Waals surface area (Å²) in [6.07, 6.45) is 1.34. The molecule has 0 spiro atoms. The summed E-state index contributed by atoms with van der Waals surface area (Å²) in [6, 6.07) is 14.9. The van der Waals surface area contributed by atoms with E-state index in [1.165, 1.54) is 38.5 Å². The summed E-state index contributed by atoms with van der Waals surface area (Å²) in [5.41, 5.74) is 1.10. The third-order valence-electron chi connectivity index (χ3n) is 5.30. The number of ether oxygens (including phenoxy) is 2. The topological polar surface area (TPSA) is 84.9 Å². The molecule has 0 aliphatic heterocycles. The quantitative estimate of drug-likeness (QED) is 0.333. The van der Waals surface area contributed by atoms with Crippen LogP contribution in [-0.2, 0) is 21.2 Å². The molecule has 11 heteroatoms. The first-order chi connectivity index (χ1) is 17.1. The summed E-state index contributed by atoms with van der Waals surface area (Å²) in [4.78, 5) is 12.6. The lowest BCUT2D eigenvalue weighted by Gasteiger charge is -2.25. The van der Waals surface area contributed by atoms with Gasteiger partial charge in [-0.1, -0.05) is 35.3 Å². The van der Waals surface area contributed by atoms with Crippen LogP contribution in [0.5, 0.6) is 11.5 Å². The normalized spacial score (nSPS) is 11.1. The molecule has 0 fully saturated rings. The average Bonchev–Trinajstić information content (AvgIpc) is 2.87. The fourth-order valence-corrected chi connectivity index (χ4v) is 5.15. The van der Waals surface area contributed by atoms with E-state index >= 15 is 0 Å². The van der Waals surface area contributed by atoms with Crippen LogP contribution in [0.1, 0.15) is 12.0 Å². The van der Waals surface area contributed by atoms with Crippen LogP contribution < -0.4 is 19.1 Å². The maximum Gasteiger partial charge on any atom is 0.264 e. The number of rotatable bonds is 11. The lowest BCUT2D eigenvalue weighted by Crippen LogP contribution is -2.41. The minimum absolute atomic E-state index is 0.0347. The van der Waals surface area contributed by atoms with E-state index in [0.29, 0.717) is 30.2 Å². The average molecular weight is 555 g/mol. The van der Waals surface area contributed by atoms with Gasteiger partial charge in [0.25, 0.3) is 10.0 Å². The Hall–Kier alpha value is -3.01. The molecule has 1 N–H and O–H groups in total. The molecule has 3 aromatic carbocycles. The number of amides is 1. The Balaban J connectivity index is 1.80. The van der Waals surface area contributed by atoms with E-state index in [1.54, 1.807) is 12.1 Å². The van der Waals surface area contributed by atoms with Crippen molar-refractivity contribution in [2.75, 3.05) is 31.6 Å². The molecule has 0 aromatic heterocycles. The van der Waals surface area contributed by atoms with Gasteiger partial charge in [-0.15, -0.1) is 0 Å². The van der Waals surface area contributed by atoms with Crippen LogP contribution in [0.2, 0.25) is 10.0 Å². The first-order valence-electron chi connectivity index (χ1n) is 10.9. The van der Waals surface area contributed by atoms with Crippen molar-refractivity contribution < 1.29 is 27.1 Å². The number of benzene rings is 3. The highest BCUT2D eigenvalue weighted by Gasteiger charge is 2.29. The fourth-order valence-electron chi connectivity index (χ4n) is 3.42. The summed E-state index contributed by atoms with van der Waals surface area (Å²) in [5, 5.41) is 3.10. The molecule has 7 nitrogen and oxygen atoms in total. The molecule has 0 radical (unpaired) electrons. The van der Waals surface area contributed by atoms with Gasteiger partial charge in [0, 0.05) is 17.6 Å². The van der Waals surface area contributed by atoms with Crippen molar-refractivity contribution in [1.29, 1.82) is 0 Å². The lowest BCUT2D eigenvalue weighted by molar-refractivity contribution is -0.119. The van der Waals surface area contributed by atoms with Crippen LogP contribution in [0, 0.1) is 5.82 Å². The van der Waals surface area contributed by atoms with Crippen LogP contribution in [0.25, 0.3) is 0 Å². The molecule has 192 valence electrons. The Morgan fingerprint density at radius 3 is 2.31 bits per heavy atom. The Labute approximate surface area is 219 Å². The second-order valence-corrected chi connectivity index (χ2v) is 10.4. The largest absolute Gasteiger partial charge is 0.493 e. The number of nitrogens with zero attached hydrogens (tertiary/aromatic N) is 1. The number of hydrogen-bond donors (Lipinski definition) is 1. The van der Waals surface area contributed by atoms with Gasteiger partial charge in [0.1, 0.15) is 12.4 Å². The standard InChI is InChI=1S/C25H25Cl2FN2O5S/c1-34-23-12-10-20(15-24(23)35-2)36(32,33)30(19-9-11-22(28)21(27)14-19)16-25(31)29-13-3-4-17-5-7-18(26)8-6-17/h5-12,14-15H,3-4,13,16H2,1-2H3,(H,29,31). The maximum absolute atomic E-state index is 13.8. The molecular formula is C25H25Cl2FN2O5S. The van der Waals surface area contributed by atoms with E-state index in [2.05, 4.69) is 5.32 Å². The van der Waals surface area contributed by atoms with Gasteiger partial charge in [0.2, 0.25) is 5.91 Å². The minimum Gasteiger partial charge on any atom is -0.493 e. The number of sulfonamides is 1. The third-order valence-corrected chi connectivity index (χ3v) is 7.61. The van der Waals surface area contributed by atoms with Gasteiger partial charge in [0.15, 0.2) is 11.5 Å². The molecule has 36 heavy (non-hydrogen) atoms. The molecule has 0 saturated heterocycles. The Bertz CT molecular complexity index is 1320. The Kier molecular flexibility index (Phi) is 9.42. The Morgan fingerprint density at radius 2 is 1.67 bits per heavy atom. The van der Waals surface area contributed by atoms with Crippen molar-refractivity contribution in [3.05, 3.63) is 82.1 Å². The van der Waals surface area contributed by atoms with Crippen LogP contribution in [0.3, 0.4) is 0 Å². The van der Waals surface area contributed by atoms with Gasteiger partial charge in [-0.05, 0) is 60.9 Å². The summed E-state index contributed by atoms with van der Waals surface area (Å²) in [7, 11) is -1.47. The van der Waals surface area contributed by atoms with E-state index in [1.807, 2.05) is 12.1 Å². The zero-order valence-electron chi connectivity index (χ0n) is 19.6. The van der Waals surface area contributed by atoms with Crippen molar-refractivity contribution in [2.45, 2.75) is 17.7 Å². The number of carbonyl (C=O) groups excluding carboxylic acids is 1. The van der Waals surface area contributed by atoms with Gasteiger partial charge in [-0.25, -0.2) is 12.8 Å². The van der Waals surface area contributed by atoms with Crippen molar-refractivity contribution in [2.24, 2.45) is 0 Å². The first-order valence-corrected chi connectivity index (χ1v) is 13.1. The molecule has 0 aliphatic rings. The highest BCUT2D eigenvalue weighted by atomic mass is 35.5. The molecular weight excluding hydrogens is 530 g/mol. The van der Waals surface area contributed by atoms with E-state index in [4.69, 9.17) is 32.7 Å². The number of methoxy groups -OCH3 is 2. The molecule has 3 rings (SSSR count). The van der Waals surface area contributed by atoms with Gasteiger partial charge < -0.3 is 14.8 Å². The van der Waals surface area contributed by atoms with Crippen LogP contribution in [-0.4, -0.2) is 41.6 Å². The van der Waals surface area contributed by atoms with Crippen molar-refractivity contribution in [1.82, 2.24) is 5.32 Å². The van der Waals surface area contributed by atoms with Crippen LogP contribution >= 0.6 is 23.2 Å². The highest BCUT2D eigenvalue weighted by Crippen LogP contribution is 2.33. The van der Waals surface area contributed by atoms with Crippen LogP contribution in [0.15, 0.2) is 65.6 Å². The molecule has 3 aromatic rings. The smallest absolute Gasteiger partial charge is 0.264 e. The van der Waals surface area contributed by atoms with E-state index in [0.717, 1.165) is 22.0 Å². The van der Waals surface area contributed by atoms with Crippen LogP contribution in [0.4, 0.5) is 10.1 Å². The number of carbonyl (C=O) groups is 1. The first kappa shape index (κ1) is 27.6. The predicted molar refractivity (Wildman–Crippen MR) is 138 cm³/mol. The molecule has 0 aliphatic carbocycles. The zero-order valence-corrected chi connectivity index (χ0v) is 22.0. The number of nitrogens with one attached hydrogen (secondary N) is 1. The zero-order chi connectivity index (χ0) is 26.3. The molecule has 0 bridgehead atoms. The van der Waals surface area contributed by atoms with Gasteiger partial charge in [-0.2, -0.15) is 0 Å². The van der Waals surface area contributed by atoms with Crippen molar-refractivity contribution in [3.8, 4) is 11.5 Å². The molecule has 0 heterocycles. The SMILES string of the molecule is COc1ccc(S(=O)(=O)N(CC(=O)NCCCc2ccc(Cl)cc2)c2ccc(F)c(Cl)c2)cc1OC. The number of anilines is 1.